The first kappa shape index (κ1) is 14.3. The molecule has 0 amide bonds. The summed E-state index contributed by atoms with van der Waals surface area (Å²) in [4.78, 5) is 8.02. The molecule has 4 nitrogen and oxygen atoms in total. The molecule has 3 rings (SSSR count). The standard InChI is InChI=1S/C16H13F2N3O/c17-13-3-1-2-12-15(13)20-9-21-16(12)19-7-10-4-5-11(8-22)14(18)6-10/h1-6,9,22H,7-8H2,(H,19,20,21). The minimum absolute atomic E-state index is 0.238. The molecule has 6 heteroatoms. The van der Waals surface area contributed by atoms with Crippen LogP contribution >= 0.6 is 0 Å². The van der Waals surface area contributed by atoms with Gasteiger partial charge in [-0.05, 0) is 23.8 Å². The molecule has 0 fully saturated rings. The van der Waals surface area contributed by atoms with Crippen molar-refractivity contribution in [1.29, 1.82) is 0 Å². The summed E-state index contributed by atoms with van der Waals surface area (Å²) in [7, 11) is 0. The fourth-order valence-corrected chi connectivity index (χ4v) is 2.21. The van der Waals surface area contributed by atoms with E-state index in [0.29, 0.717) is 23.3 Å². The maximum Gasteiger partial charge on any atom is 0.149 e. The molecular formula is C16H13F2N3O. The van der Waals surface area contributed by atoms with Gasteiger partial charge >= 0.3 is 0 Å². The largest absolute Gasteiger partial charge is 0.392 e. The van der Waals surface area contributed by atoms with E-state index in [1.165, 1.54) is 24.5 Å². The molecule has 0 radical (unpaired) electrons. The molecule has 0 saturated carbocycles. The summed E-state index contributed by atoms with van der Waals surface area (Å²) < 4.78 is 27.3. The fourth-order valence-electron chi connectivity index (χ4n) is 2.21. The molecule has 2 aromatic carbocycles. The van der Waals surface area contributed by atoms with E-state index in [-0.39, 0.29) is 17.7 Å². The van der Waals surface area contributed by atoms with Crippen molar-refractivity contribution in [3.8, 4) is 0 Å². The third-order valence-corrected chi connectivity index (χ3v) is 3.36. The summed E-state index contributed by atoms with van der Waals surface area (Å²) in [6.07, 6.45) is 1.28. The Morgan fingerprint density at radius 2 is 1.91 bits per heavy atom. The van der Waals surface area contributed by atoms with Crippen LogP contribution in [0, 0.1) is 11.6 Å². The van der Waals surface area contributed by atoms with E-state index in [1.54, 1.807) is 18.2 Å². The molecule has 22 heavy (non-hydrogen) atoms. The highest BCUT2D eigenvalue weighted by atomic mass is 19.1. The SMILES string of the molecule is OCc1ccc(CNc2ncnc3c(F)cccc23)cc1F. The van der Waals surface area contributed by atoms with E-state index < -0.39 is 11.6 Å². The highest BCUT2D eigenvalue weighted by Gasteiger charge is 2.08. The van der Waals surface area contributed by atoms with Crippen LogP contribution < -0.4 is 5.32 Å². The van der Waals surface area contributed by atoms with E-state index >= 15 is 0 Å². The lowest BCUT2D eigenvalue weighted by molar-refractivity contribution is 0.275. The van der Waals surface area contributed by atoms with Crippen molar-refractivity contribution in [2.75, 3.05) is 5.32 Å². The zero-order valence-corrected chi connectivity index (χ0v) is 11.6. The average molecular weight is 301 g/mol. The highest BCUT2D eigenvalue weighted by Crippen LogP contribution is 2.22. The summed E-state index contributed by atoms with van der Waals surface area (Å²) in [5.74, 6) is -0.391. The number of halogens is 2. The van der Waals surface area contributed by atoms with Crippen molar-refractivity contribution in [2.45, 2.75) is 13.2 Å². The topological polar surface area (TPSA) is 58.0 Å². The van der Waals surface area contributed by atoms with Crippen molar-refractivity contribution in [3.05, 3.63) is 65.5 Å². The second kappa shape index (κ2) is 6.03. The van der Waals surface area contributed by atoms with Crippen LogP contribution in [0.2, 0.25) is 0 Å². The first-order valence-corrected chi connectivity index (χ1v) is 6.70. The van der Waals surface area contributed by atoms with E-state index in [0.717, 1.165) is 0 Å². The van der Waals surface area contributed by atoms with Crippen molar-refractivity contribution >= 4 is 16.7 Å². The van der Waals surface area contributed by atoms with Gasteiger partial charge in [0.25, 0.3) is 0 Å². The van der Waals surface area contributed by atoms with Gasteiger partial charge in [-0.1, -0.05) is 18.2 Å². The van der Waals surface area contributed by atoms with E-state index in [4.69, 9.17) is 5.11 Å². The van der Waals surface area contributed by atoms with Crippen molar-refractivity contribution < 1.29 is 13.9 Å². The number of nitrogens with one attached hydrogen (secondary N) is 1. The fraction of sp³-hybridized carbons (Fsp3) is 0.125. The molecule has 0 bridgehead atoms. The third kappa shape index (κ3) is 2.73. The molecule has 0 aliphatic rings. The predicted octanol–water partition coefficient (Wildman–Crippen LogP) is 3.01. The molecule has 2 N–H and O–H groups in total. The van der Waals surface area contributed by atoms with Crippen LogP contribution in [0.25, 0.3) is 10.9 Å². The summed E-state index contributed by atoms with van der Waals surface area (Å²) in [5.41, 5.74) is 1.18. The molecule has 0 aliphatic carbocycles. The Kier molecular flexibility index (Phi) is 3.93. The van der Waals surface area contributed by atoms with Gasteiger partial charge < -0.3 is 10.4 Å². The predicted molar refractivity (Wildman–Crippen MR) is 79.1 cm³/mol. The van der Waals surface area contributed by atoms with Crippen LogP contribution in [0.15, 0.2) is 42.7 Å². The Morgan fingerprint density at radius 3 is 2.68 bits per heavy atom. The summed E-state index contributed by atoms with van der Waals surface area (Å²) in [6.45, 7) is -0.0133. The summed E-state index contributed by atoms with van der Waals surface area (Å²) in [5, 5.41) is 12.6. The number of nitrogens with zero attached hydrogens (tertiary/aromatic N) is 2. The minimum Gasteiger partial charge on any atom is -0.392 e. The molecule has 1 heterocycles. The lowest BCUT2D eigenvalue weighted by atomic mass is 10.1. The normalized spacial score (nSPS) is 10.9. The molecule has 0 unspecified atom stereocenters. The average Bonchev–Trinajstić information content (AvgIpc) is 2.53. The van der Waals surface area contributed by atoms with Crippen molar-refractivity contribution in [1.82, 2.24) is 9.97 Å². The Morgan fingerprint density at radius 1 is 1.05 bits per heavy atom. The smallest absolute Gasteiger partial charge is 0.149 e. The van der Waals surface area contributed by atoms with Gasteiger partial charge in [0.2, 0.25) is 0 Å². The molecule has 0 saturated heterocycles. The zero-order valence-electron chi connectivity index (χ0n) is 11.6. The van der Waals surface area contributed by atoms with Crippen LogP contribution in [0.5, 0.6) is 0 Å². The quantitative estimate of drug-likeness (QED) is 0.778. The molecular weight excluding hydrogens is 288 g/mol. The number of fused-ring (bicyclic) bond motifs is 1. The number of aromatic nitrogens is 2. The van der Waals surface area contributed by atoms with Gasteiger partial charge in [0.15, 0.2) is 0 Å². The number of benzene rings is 2. The van der Waals surface area contributed by atoms with Crippen LogP contribution in [0.1, 0.15) is 11.1 Å². The summed E-state index contributed by atoms with van der Waals surface area (Å²) >= 11 is 0. The van der Waals surface area contributed by atoms with Gasteiger partial charge in [-0.3, -0.25) is 0 Å². The Labute approximate surface area is 125 Å². The first-order chi connectivity index (χ1) is 10.7. The number of para-hydroxylation sites is 1. The molecule has 0 atom stereocenters. The second-order valence-electron chi connectivity index (χ2n) is 4.80. The minimum atomic E-state index is -0.458. The molecule has 1 aromatic heterocycles. The summed E-state index contributed by atoms with van der Waals surface area (Å²) in [6, 6.07) is 9.23. The van der Waals surface area contributed by atoms with Crippen LogP contribution in [0.3, 0.4) is 0 Å². The molecule has 0 spiro atoms. The van der Waals surface area contributed by atoms with Gasteiger partial charge in [-0.25, -0.2) is 18.7 Å². The Balaban J connectivity index is 1.85. The zero-order chi connectivity index (χ0) is 15.5. The van der Waals surface area contributed by atoms with Gasteiger partial charge in [-0.2, -0.15) is 0 Å². The Hall–Kier alpha value is -2.60. The number of hydrogen-bond donors (Lipinski definition) is 2. The van der Waals surface area contributed by atoms with E-state index in [1.807, 2.05) is 0 Å². The number of hydrogen-bond acceptors (Lipinski definition) is 4. The number of rotatable bonds is 4. The lowest BCUT2D eigenvalue weighted by Gasteiger charge is -2.09. The van der Waals surface area contributed by atoms with Gasteiger partial charge in [-0.15, -0.1) is 0 Å². The van der Waals surface area contributed by atoms with Crippen LogP contribution in [-0.2, 0) is 13.2 Å². The van der Waals surface area contributed by atoms with Gasteiger partial charge in [0.1, 0.15) is 29.3 Å². The maximum absolute atomic E-state index is 13.7. The van der Waals surface area contributed by atoms with Gasteiger partial charge in [0, 0.05) is 17.5 Å². The lowest BCUT2D eigenvalue weighted by Crippen LogP contribution is -2.04. The van der Waals surface area contributed by atoms with E-state index in [9.17, 15) is 8.78 Å². The van der Waals surface area contributed by atoms with Gasteiger partial charge in [0.05, 0.1) is 6.61 Å². The molecule has 3 aromatic rings. The Bertz CT molecular complexity index is 824. The van der Waals surface area contributed by atoms with Crippen molar-refractivity contribution in [3.63, 3.8) is 0 Å². The molecule has 112 valence electrons. The first-order valence-electron chi connectivity index (χ1n) is 6.70. The molecule has 0 aliphatic heterocycles. The van der Waals surface area contributed by atoms with Crippen LogP contribution in [0.4, 0.5) is 14.6 Å². The number of anilines is 1. The number of aliphatic hydroxyl groups excluding tert-OH is 1. The third-order valence-electron chi connectivity index (χ3n) is 3.36. The monoisotopic (exact) mass is 301 g/mol. The van der Waals surface area contributed by atoms with E-state index in [2.05, 4.69) is 15.3 Å². The number of aliphatic hydroxyl groups is 1. The highest BCUT2D eigenvalue weighted by molar-refractivity contribution is 5.89. The van der Waals surface area contributed by atoms with Crippen molar-refractivity contribution in [2.24, 2.45) is 0 Å². The maximum atomic E-state index is 13.7. The second-order valence-corrected chi connectivity index (χ2v) is 4.80. The van der Waals surface area contributed by atoms with Crippen LogP contribution in [-0.4, -0.2) is 15.1 Å².